The Kier molecular flexibility index (Phi) is 5.46. The fraction of sp³-hybridized carbons (Fsp3) is 1.00. The van der Waals surface area contributed by atoms with E-state index in [1.807, 2.05) is 0 Å². The van der Waals surface area contributed by atoms with Crippen LogP contribution in [-0.4, -0.2) is 62.2 Å². The quantitative estimate of drug-likeness (QED) is 0.746. The van der Waals surface area contributed by atoms with E-state index in [4.69, 9.17) is 0 Å². The maximum absolute atomic E-state index is 3.68. The SMILES string of the molecule is CCC(CNC1CC1)N(C)CC1CCN(C)CC1. The van der Waals surface area contributed by atoms with E-state index < -0.39 is 0 Å². The summed E-state index contributed by atoms with van der Waals surface area (Å²) in [7, 11) is 4.56. The van der Waals surface area contributed by atoms with E-state index in [1.54, 1.807) is 0 Å². The zero-order chi connectivity index (χ0) is 13.0. The molecule has 1 heterocycles. The Hall–Kier alpha value is -0.120. The number of likely N-dealkylation sites (N-methyl/N-ethyl adjacent to an activating group) is 1. The highest BCUT2D eigenvalue weighted by Gasteiger charge is 2.24. The van der Waals surface area contributed by atoms with E-state index >= 15 is 0 Å². The normalized spacial score (nSPS) is 24.7. The van der Waals surface area contributed by atoms with Crippen LogP contribution in [-0.2, 0) is 0 Å². The molecule has 0 bridgehead atoms. The Labute approximate surface area is 113 Å². The molecule has 1 aliphatic carbocycles. The minimum absolute atomic E-state index is 0.727. The predicted octanol–water partition coefficient (Wildman–Crippen LogP) is 1.79. The van der Waals surface area contributed by atoms with E-state index in [9.17, 15) is 0 Å². The van der Waals surface area contributed by atoms with Crippen molar-refractivity contribution in [3.05, 3.63) is 0 Å². The molecule has 0 spiro atoms. The van der Waals surface area contributed by atoms with Gasteiger partial charge in [-0.25, -0.2) is 0 Å². The minimum atomic E-state index is 0.727. The maximum Gasteiger partial charge on any atom is 0.0215 e. The molecule has 3 heteroatoms. The van der Waals surface area contributed by atoms with Crippen LogP contribution >= 0.6 is 0 Å². The van der Waals surface area contributed by atoms with Crippen molar-refractivity contribution in [1.29, 1.82) is 0 Å². The summed E-state index contributed by atoms with van der Waals surface area (Å²) in [6.07, 6.45) is 6.83. The number of hydrogen-bond acceptors (Lipinski definition) is 3. The highest BCUT2D eigenvalue weighted by molar-refractivity contribution is 4.84. The Morgan fingerprint density at radius 1 is 1.22 bits per heavy atom. The highest BCUT2D eigenvalue weighted by Crippen LogP contribution is 2.20. The number of hydrogen-bond donors (Lipinski definition) is 1. The molecule has 2 fully saturated rings. The second-order valence-electron chi connectivity index (χ2n) is 6.43. The number of nitrogens with zero attached hydrogens (tertiary/aromatic N) is 2. The number of piperidine rings is 1. The molecule has 106 valence electrons. The topological polar surface area (TPSA) is 18.5 Å². The molecule has 1 unspecified atom stereocenters. The largest absolute Gasteiger partial charge is 0.312 e. The molecule has 0 aromatic carbocycles. The van der Waals surface area contributed by atoms with Crippen LogP contribution in [0, 0.1) is 5.92 Å². The molecule has 18 heavy (non-hydrogen) atoms. The average Bonchev–Trinajstić information content (AvgIpc) is 3.17. The summed E-state index contributed by atoms with van der Waals surface area (Å²) < 4.78 is 0. The predicted molar refractivity (Wildman–Crippen MR) is 78.0 cm³/mol. The van der Waals surface area contributed by atoms with Crippen LogP contribution in [0.3, 0.4) is 0 Å². The molecule has 2 rings (SSSR count). The first kappa shape index (κ1) is 14.3. The van der Waals surface area contributed by atoms with Gasteiger partial charge in [0, 0.05) is 25.2 Å². The van der Waals surface area contributed by atoms with Crippen molar-refractivity contribution in [3.8, 4) is 0 Å². The van der Waals surface area contributed by atoms with Gasteiger partial charge in [0.15, 0.2) is 0 Å². The van der Waals surface area contributed by atoms with Gasteiger partial charge in [-0.15, -0.1) is 0 Å². The summed E-state index contributed by atoms with van der Waals surface area (Å²) >= 11 is 0. The Bertz CT molecular complexity index is 232. The van der Waals surface area contributed by atoms with Gasteiger partial charge in [-0.2, -0.15) is 0 Å². The summed E-state index contributed by atoms with van der Waals surface area (Å²) in [5, 5.41) is 3.68. The van der Waals surface area contributed by atoms with Gasteiger partial charge < -0.3 is 15.1 Å². The number of nitrogens with one attached hydrogen (secondary N) is 1. The Morgan fingerprint density at radius 3 is 2.44 bits per heavy atom. The molecule has 1 saturated carbocycles. The van der Waals surface area contributed by atoms with Gasteiger partial charge in [0.05, 0.1) is 0 Å². The molecule has 0 amide bonds. The van der Waals surface area contributed by atoms with Gasteiger partial charge in [-0.05, 0) is 65.2 Å². The molecule has 0 aromatic heterocycles. The molecule has 1 N–H and O–H groups in total. The Morgan fingerprint density at radius 2 is 1.89 bits per heavy atom. The van der Waals surface area contributed by atoms with Gasteiger partial charge in [-0.1, -0.05) is 6.92 Å². The van der Waals surface area contributed by atoms with Gasteiger partial charge in [0.2, 0.25) is 0 Å². The first-order valence-corrected chi connectivity index (χ1v) is 7.81. The third-order valence-corrected chi connectivity index (χ3v) is 4.70. The molecule has 0 aromatic rings. The molecular weight excluding hydrogens is 222 g/mol. The van der Waals surface area contributed by atoms with Gasteiger partial charge >= 0.3 is 0 Å². The van der Waals surface area contributed by atoms with Crippen molar-refractivity contribution in [2.75, 3.05) is 40.3 Å². The third kappa shape index (κ3) is 4.52. The summed E-state index contributed by atoms with van der Waals surface area (Å²) in [5.74, 6) is 0.918. The van der Waals surface area contributed by atoms with Crippen molar-refractivity contribution < 1.29 is 0 Å². The highest BCUT2D eigenvalue weighted by atomic mass is 15.2. The van der Waals surface area contributed by atoms with E-state index in [0.717, 1.165) is 18.0 Å². The lowest BCUT2D eigenvalue weighted by Gasteiger charge is -2.35. The first-order chi connectivity index (χ1) is 8.69. The van der Waals surface area contributed by atoms with Crippen LogP contribution in [0.15, 0.2) is 0 Å². The van der Waals surface area contributed by atoms with Gasteiger partial charge in [-0.3, -0.25) is 0 Å². The zero-order valence-electron chi connectivity index (χ0n) is 12.5. The zero-order valence-corrected chi connectivity index (χ0v) is 12.5. The molecule has 0 radical (unpaired) electrons. The fourth-order valence-electron chi connectivity index (χ4n) is 3.00. The molecular formula is C15H31N3. The van der Waals surface area contributed by atoms with Crippen LogP contribution < -0.4 is 5.32 Å². The maximum atomic E-state index is 3.68. The van der Waals surface area contributed by atoms with Crippen molar-refractivity contribution in [3.63, 3.8) is 0 Å². The number of likely N-dealkylation sites (tertiary alicyclic amines) is 1. The molecule has 1 saturated heterocycles. The van der Waals surface area contributed by atoms with Crippen LogP contribution in [0.25, 0.3) is 0 Å². The van der Waals surface area contributed by atoms with Crippen LogP contribution in [0.4, 0.5) is 0 Å². The minimum Gasteiger partial charge on any atom is -0.312 e. The van der Waals surface area contributed by atoms with Crippen molar-refractivity contribution in [1.82, 2.24) is 15.1 Å². The summed E-state index contributed by atoms with van der Waals surface area (Å²) in [4.78, 5) is 5.06. The van der Waals surface area contributed by atoms with E-state index in [1.165, 1.54) is 58.3 Å². The summed E-state index contributed by atoms with van der Waals surface area (Å²) in [6, 6.07) is 1.57. The molecule has 3 nitrogen and oxygen atoms in total. The van der Waals surface area contributed by atoms with Crippen molar-refractivity contribution >= 4 is 0 Å². The standard InChI is InChI=1S/C15H31N3/c1-4-15(11-16-14-5-6-14)18(3)12-13-7-9-17(2)10-8-13/h13-16H,4-12H2,1-3H3. The summed E-state index contributed by atoms with van der Waals surface area (Å²) in [5.41, 5.74) is 0. The fourth-order valence-corrected chi connectivity index (χ4v) is 3.00. The average molecular weight is 253 g/mol. The monoisotopic (exact) mass is 253 g/mol. The molecule has 1 aliphatic heterocycles. The van der Waals surface area contributed by atoms with Gasteiger partial charge in [0.1, 0.15) is 0 Å². The third-order valence-electron chi connectivity index (χ3n) is 4.70. The van der Waals surface area contributed by atoms with Crippen LogP contribution in [0.2, 0.25) is 0 Å². The van der Waals surface area contributed by atoms with E-state index in [2.05, 4.69) is 36.1 Å². The van der Waals surface area contributed by atoms with Crippen molar-refractivity contribution in [2.45, 2.75) is 51.1 Å². The van der Waals surface area contributed by atoms with Crippen molar-refractivity contribution in [2.24, 2.45) is 5.92 Å². The first-order valence-electron chi connectivity index (χ1n) is 7.81. The second kappa shape index (κ2) is 6.88. The lowest BCUT2D eigenvalue weighted by Crippen LogP contribution is -2.44. The molecule has 2 aliphatic rings. The lowest BCUT2D eigenvalue weighted by atomic mass is 9.96. The molecule has 1 atom stereocenters. The van der Waals surface area contributed by atoms with Crippen LogP contribution in [0.1, 0.15) is 39.0 Å². The smallest absolute Gasteiger partial charge is 0.0215 e. The summed E-state index contributed by atoms with van der Waals surface area (Å²) in [6.45, 7) is 7.37. The lowest BCUT2D eigenvalue weighted by molar-refractivity contribution is 0.145. The number of rotatable bonds is 7. The Balaban J connectivity index is 1.68. The van der Waals surface area contributed by atoms with Gasteiger partial charge in [0.25, 0.3) is 0 Å². The second-order valence-corrected chi connectivity index (χ2v) is 6.43. The van der Waals surface area contributed by atoms with Crippen LogP contribution in [0.5, 0.6) is 0 Å². The van der Waals surface area contributed by atoms with E-state index in [-0.39, 0.29) is 0 Å². The van der Waals surface area contributed by atoms with E-state index in [0.29, 0.717) is 0 Å².